The summed E-state index contributed by atoms with van der Waals surface area (Å²) in [6, 6.07) is 59.6. The molecule has 0 amide bonds. The second-order valence-electron chi connectivity index (χ2n) is 25.3. The quantitative estimate of drug-likeness (QED) is 0.0787. The lowest BCUT2D eigenvalue weighted by atomic mass is 9.49. The van der Waals surface area contributed by atoms with E-state index in [0.29, 0.717) is 0 Å². The molecule has 14 rings (SSSR count). The standard InChI is InChI=1S/C22H21BO2S.C17H13BrOS.C16H9BrS.C12H24B2O4.CHF3O3S.CH3F/c1-21(2)22(3,4)25-23(24-21)15-10-12-18-17(13-15)20-16-8-6-5-7-14(16)9-11-19(20)26-18;1-20(19)17-10-9-13(18)11-16(17)15-8-4-6-12-5-2-3-7-14(12)15;17-11-6-8-14-13(9-11)16-12-4-2-1-3-10(12)5-7-15(16)18-14;1-9(2)10(3,4)16-13(15-9)14-17-11(5,6)12(7,8)18-14;2-1(3,4)8(5,6)7;1-2/h5-13H,1-4H3;2-11H,1H3;1-9H;1-8H3;(H,5,6,7);1H3/i;;;;;1D. The van der Waals surface area contributed by atoms with E-state index < -0.39 is 47.6 Å². The van der Waals surface area contributed by atoms with Crippen LogP contribution >= 0.6 is 54.5 Å². The molecule has 11 aromatic rings. The van der Waals surface area contributed by atoms with Crippen LogP contribution in [0.4, 0.5) is 17.6 Å². The molecule has 3 aliphatic heterocycles. The van der Waals surface area contributed by atoms with Crippen LogP contribution in [0, 0.1) is 0 Å². The topological polar surface area (TPSA) is 127 Å². The van der Waals surface area contributed by atoms with E-state index >= 15 is 0 Å². The zero-order valence-electron chi connectivity index (χ0n) is 54.1. The first-order valence-electron chi connectivity index (χ1n) is 30.0. The molecule has 10 nitrogen and oxygen atoms in total. The smallest absolute Gasteiger partial charge is 0.405 e. The molecule has 0 bridgehead atoms. The van der Waals surface area contributed by atoms with Gasteiger partial charge in [-0.1, -0.05) is 147 Å². The van der Waals surface area contributed by atoms with Crippen molar-refractivity contribution >= 4 is 175 Å². The Morgan fingerprint density at radius 3 is 1.28 bits per heavy atom. The highest BCUT2D eigenvalue weighted by atomic mass is 79.9. The number of thiophene rings is 2. The van der Waals surface area contributed by atoms with Crippen LogP contribution in [-0.4, -0.2) is 90.8 Å². The average Bonchev–Trinajstić information content (AvgIpc) is 1.65. The molecule has 0 radical (unpaired) electrons. The third kappa shape index (κ3) is 14.8. The van der Waals surface area contributed by atoms with Gasteiger partial charge >= 0.3 is 36.8 Å². The van der Waals surface area contributed by atoms with E-state index in [4.69, 9.17) is 42.3 Å². The van der Waals surface area contributed by atoms with Crippen molar-refractivity contribution in [3.05, 3.63) is 179 Å². The Balaban J connectivity index is 0.000000140. The summed E-state index contributed by atoms with van der Waals surface area (Å²) in [6.45, 7) is 24.6. The Morgan fingerprint density at radius 2 is 0.837 bits per heavy atom. The van der Waals surface area contributed by atoms with Crippen molar-refractivity contribution < 1.29 is 64.0 Å². The molecule has 3 fully saturated rings. The first-order chi connectivity index (χ1) is 43.4. The predicted molar refractivity (Wildman–Crippen MR) is 383 cm³/mol. The maximum absolute atomic E-state index is 12.0. The van der Waals surface area contributed by atoms with E-state index in [1.54, 1.807) is 6.26 Å². The Labute approximate surface area is 564 Å². The van der Waals surface area contributed by atoms with Gasteiger partial charge in [0.25, 0.3) is 0 Å². The second kappa shape index (κ2) is 27.2. The van der Waals surface area contributed by atoms with Crippen molar-refractivity contribution in [2.75, 3.05) is 13.4 Å². The fourth-order valence-electron chi connectivity index (χ4n) is 10.6. The highest BCUT2D eigenvalue weighted by Gasteiger charge is 2.64. The summed E-state index contributed by atoms with van der Waals surface area (Å²) >= 11 is 10.8. The van der Waals surface area contributed by atoms with Gasteiger partial charge in [-0.2, -0.15) is 21.6 Å². The molecule has 92 heavy (non-hydrogen) atoms. The number of fused-ring (bicyclic) bond motifs is 11. The van der Waals surface area contributed by atoms with Crippen LogP contribution in [0.5, 0.6) is 0 Å². The van der Waals surface area contributed by atoms with Crippen LogP contribution in [0.1, 0.15) is 84.5 Å². The minimum absolute atomic E-state index is 0.323. The van der Waals surface area contributed by atoms with Crippen LogP contribution in [-0.2, 0) is 48.8 Å². The van der Waals surface area contributed by atoms with Crippen molar-refractivity contribution in [2.24, 2.45) is 0 Å². The van der Waals surface area contributed by atoms with Crippen LogP contribution in [0.2, 0.25) is 0 Å². The highest BCUT2D eigenvalue weighted by molar-refractivity contribution is 9.10. The first kappa shape index (κ1) is 69.7. The largest absolute Gasteiger partial charge is 0.522 e. The molecule has 3 saturated heterocycles. The molecule has 9 aromatic carbocycles. The number of hydrogen-bond donors (Lipinski definition) is 1. The molecule has 1 unspecified atom stereocenters. The molecule has 1 N–H and O–H groups in total. The third-order valence-electron chi connectivity index (χ3n) is 17.6. The van der Waals surface area contributed by atoms with E-state index in [9.17, 15) is 21.8 Å². The van der Waals surface area contributed by atoms with Crippen LogP contribution in [0.25, 0.3) is 83.8 Å². The van der Waals surface area contributed by atoms with Gasteiger partial charge in [-0.3, -0.25) is 13.2 Å². The minimum Gasteiger partial charge on any atom is -0.405 e. The summed E-state index contributed by atoms with van der Waals surface area (Å²) in [5, 5.41) is 13.0. The zero-order valence-corrected chi connectivity index (χ0v) is 59.6. The van der Waals surface area contributed by atoms with E-state index in [-0.39, 0.29) is 40.7 Å². The minimum atomic E-state index is -5.84. The molecule has 0 saturated carbocycles. The highest BCUT2D eigenvalue weighted by Crippen LogP contribution is 2.45. The molecular weight excluding hydrogens is 1390 g/mol. The third-order valence-corrected chi connectivity index (χ3v) is 22.4. The number of halogens is 6. The molecule has 0 spiro atoms. The molecule has 23 heteroatoms. The molecule has 5 heterocycles. The van der Waals surface area contributed by atoms with Crippen molar-refractivity contribution in [1.29, 1.82) is 0 Å². The van der Waals surface area contributed by atoms with Gasteiger partial charge in [-0.25, -0.2) is 0 Å². The Kier molecular flexibility index (Phi) is 20.6. The summed E-state index contributed by atoms with van der Waals surface area (Å²) < 4.78 is 129. The maximum Gasteiger partial charge on any atom is 0.522 e. The Hall–Kier alpha value is -5.11. The molecule has 3 aliphatic rings. The van der Waals surface area contributed by atoms with Crippen LogP contribution < -0.4 is 5.46 Å². The summed E-state index contributed by atoms with van der Waals surface area (Å²) in [5.74, 6) is 0. The fourth-order valence-corrected chi connectivity index (χ4v) is 14.3. The van der Waals surface area contributed by atoms with Crippen molar-refractivity contribution in [3.8, 4) is 11.1 Å². The summed E-state index contributed by atoms with van der Waals surface area (Å²) in [6.07, 6.45) is 1.72. The van der Waals surface area contributed by atoms with Gasteiger partial charge in [0.05, 0.1) is 52.9 Å². The van der Waals surface area contributed by atoms with Crippen molar-refractivity contribution in [1.82, 2.24) is 0 Å². The summed E-state index contributed by atoms with van der Waals surface area (Å²) in [5.41, 5.74) is -4.39. The lowest BCUT2D eigenvalue weighted by Gasteiger charge is -2.32. The van der Waals surface area contributed by atoms with Gasteiger partial charge in [0.1, 0.15) is 0 Å². The number of benzene rings is 9. The van der Waals surface area contributed by atoms with Crippen molar-refractivity contribution in [3.63, 3.8) is 0 Å². The average molecular weight is 1460 g/mol. The Bertz CT molecular complexity index is 4610. The zero-order chi connectivity index (χ0) is 68.0. The molecule has 0 aliphatic carbocycles. The second-order valence-corrected chi connectivity index (χ2v) is 32.1. The van der Waals surface area contributed by atoms with Crippen LogP contribution in [0.15, 0.2) is 184 Å². The summed E-state index contributed by atoms with van der Waals surface area (Å²) in [4.78, 5) is 0.865. The lowest BCUT2D eigenvalue weighted by Crippen LogP contribution is -2.41. The number of rotatable bonds is 4. The van der Waals surface area contributed by atoms with Gasteiger partial charge in [-0.15, -0.1) is 22.7 Å². The number of alkyl halides is 4. The Morgan fingerprint density at radius 1 is 0.478 bits per heavy atom. The molecule has 2 aromatic heterocycles. The molecule has 482 valence electrons. The van der Waals surface area contributed by atoms with Gasteiger partial charge in [0.2, 0.25) is 0 Å². The van der Waals surface area contributed by atoms with Gasteiger partial charge in [-0.05, 0) is 187 Å². The first-order valence-corrected chi connectivity index (χ1v) is 35.5. The monoisotopic (exact) mass is 1460 g/mol. The normalized spacial score (nSPS) is 18.0. The lowest BCUT2D eigenvalue weighted by molar-refractivity contribution is -0.0510. The summed E-state index contributed by atoms with van der Waals surface area (Å²) in [7, 11) is -9.13. The van der Waals surface area contributed by atoms with Gasteiger partial charge in [0, 0.05) is 60.4 Å². The van der Waals surface area contributed by atoms with Gasteiger partial charge < -0.3 is 27.9 Å². The van der Waals surface area contributed by atoms with E-state index in [0.717, 1.165) is 30.4 Å². The van der Waals surface area contributed by atoms with E-state index in [2.05, 4.69) is 193 Å². The van der Waals surface area contributed by atoms with E-state index in [1.807, 2.05) is 114 Å². The predicted octanol–water partition coefficient (Wildman–Crippen LogP) is 19.7. The maximum atomic E-state index is 12.0. The van der Waals surface area contributed by atoms with Gasteiger partial charge in [0.15, 0.2) is 0 Å². The molecular formula is C69H71B3Br2F4O10S4. The van der Waals surface area contributed by atoms with E-state index in [1.165, 1.54) is 72.7 Å². The molecule has 1 atom stereocenters. The number of hydrogen-bond acceptors (Lipinski definition) is 11. The van der Waals surface area contributed by atoms with Crippen LogP contribution in [0.3, 0.4) is 0 Å². The fraction of sp³-hybridized carbons (Fsp3) is 0.304. The SMILES string of the molecule is Brc1ccc2sc3ccc4ccccc4c3c2c1.CC1(C)OB(B2OC(C)(C)C(C)(C)O2)OC1(C)C.CC1(C)OB(c2ccc3sc4ccc5ccccc5c4c3c2)OC1(C)C.CS(=O)c1ccc(Br)cc1-c1cccc2ccccc12.O=S(=O)(O)C(F)(F)F.[2H]CF. The van der Waals surface area contributed by atoms with Crippen molar-refractivity contribution in [2.45, 2.75) is 127 Å².